The molecule has 0 aromatic heterocycles. The Morgan fingerprint density at radius 2 is 1.82 bits per heavy atom. The molecule has 0 unspecified atom stereocenters. The first-order valence-corrected chi connectivity index (χ1v) is 11.0. The summed E-state index contributed by atoms with van der Waals surface area (Å²) in [6.45, 7) is 0. The fourth-order valence-corrected chi connectivity index (χ4v) is 4.44. The number of rotatable bonds is 4. The van der Waals surface area contributed by atoms with Crippen molar-refractivity contribution in [2.75, 3.05) is 7.11 Å². The van der Waals surface area contributed by atoms with Crippen molar-refractivity contribution in [3.8, 4) is 17.6 Å². The highest BCUT2D eigenvalue weighted by Gasteiger charge is 2.34. The SMILES string of the molecule is COc1ccc([C@H]2C(C#N)=C(NC(=O)c3cccc(Cl)c3)Oc3ccc4ccccc4c32)cc1. The van der Waals surface area contributed by atoms with Gasteiger partial charge in [0.15, 0.2) is 0 Å². The molecule has 6 heteroatoms. The van der Waals surface area contributed by atoms with Gasteiger partial charge in [0.2, 0.25) is 5.88 Å². The van der Waals surface area contributed by atoms with Crippen molar-refractivity contribution < 1.29 is 14.3 Å². The number of carbonyl (C=O) groups is 1. The third-order valence-electron chi connectivity index (χ3n) is 5.85. The molecule has 5 nitrogen and oxygen atoms in total. The van der Waals surface area contributed by atoms with Crippen molar-refractivity contribution in [1.29, 1.82) is 5.26 Å². The van der Waals surface area contributed by atoms with Crippen molar-refractivity contribution in [3.63, 3.8) is 0 Å². The number of nitrogens with one attached hydrogen (secondary N) is 1. The molecule has 5 rings (SSSR count). The van der Waals surface area contributed by atoms with E-state index in [0.29, 0.717) is 27.7 Å². The Hall–Kier alpha value is -4.27. The maximum Gasteiger partial charge on any atom is 0.258 e. The Kier molecular flexibility index (Phi) is 5.67. The Labute approximate surface area is 201 Å². The molecule has 0 saturated carbocycles. The molecule has 1 atom stereocenters. The quantitative estimate of drug-likeness (QED) is 0.389. The number of nitrogens with zero attached hydrogens (tertiary/aromatic N) is 1. The van der Waals surface area contributed by atoms with Crippen LogP contribution in [0.4, 0.5) is 0 Å². The Morgan fingerprint density at radius 1 is 1.03 bits per heavy atom. The number of hydrogen-bond donors (Lipinski definition) is 1. The van der Waals surface area contributed by atoms with E-state index >= 15 is 0 Å². The summed E-state index contributed by atoms with van der Waals surface area (Å²) in [4.78, 5) is 13.0. The van der Waals surface area contributed by atoms with E-state index in [2.05, 4.69) is 11.4 Å². The average molecular weight is 467 g/mol. The summed E-state index contributed by atoms with van der Waals surface area (Å²) in [6.07, 6.45) is 0. The van der Waals surface area contributed by atoms with Crippen molar-refractivity contribution >= 4 is 28.3 Å². The van der Waals surface area contributed by atoms with Crippen LogP contribution in [-0.2, 0) is 0 Å². The summed E-state index contributed by atoms with van der Waals surface area (Å²) in [6, 6.07) is 28.2. The molecule has 1 aliphatic rings. The van der Waals surface area contributed by atoms with Gasteiger partial charge in [-0.3, -0.25) is 10.1 Å². The van der Waals surface area contributed by atoms with Crippen LogP contribution in [0.3, 0.4) is 0 Å². The molecule has 0 aliphatic carbocycles. The standard InChI is InChI=1S/C28H19ClN2O3/c1-33-21-12-9-18(10-13-21)25-23(16-30)28(31-27(32)19-6-4-7-20(29)15-19)34-24-14-11-17-5-2-3-8-22(17)26(24)25/h2-15,25H,1H3,(H,31,32)/t25-/m0/s1. The van der Waals surface area contributed by atoms with E-state index in [4.69, 9.17) is 21.1 Å². The van der Waals surface area contributed by atoms with Crippen LogP contribution in [0.5, 0.6) is 11.5 Å². The summed E-state index contributed by atoms with van der Waals surface area (Å²) >= 11 is 6.05. The molecule has 4 aromatic rings. The number of nitriles is 1. The number of allylic oxidation sites excluding steroid dienone is 1. The number of methoxy groups -OCH3 is 1. The Bertz CT molecular complexity index is 1490. The fourth-order valence-electron chi connectivity index (χ4n) is 4.25. The summed E-state index contributed by atoms with van der Waals surface area (Å²) in [5.74, 6) is 0.547. The highest BCUT2D eigenvalue weighted by molar-refractivity contribution is 6.31. The van der Waals surface area contributed by atoms with Crippen LogP contribution < -0.4 is 14.8 Å². The first kappa shape index (κ1) is 21.6. The minimum absolute atomic E-state index is 0.107. The molecule has 1 amide bonds. The Morgan fingerprint density at radius 3 is 2.56 bits per heavy atom. The lowest BCUT2D eigenvalue weighted by atomic mass is 9.81. The van der Waals surface area contributed by atoms with Crippen LogP contribution in [0.2, 0.25) is 5.02 Å². The van der Waals surface area contributed by atoms with E-state index in [1.54, 1.807) is 31.4 Å². The van der Waals surface area contributed by atoms with E-state index in [0.717, 1.165) is 21.9 Å². The molecule has 34 heavy (non-hydrogen) atoms. The van der Waals surface area contributed by atoms with Crippen LogP contribution in [-0.4, -0.2) is 13.0 Å². The van der Waals surface area contributed by atoms with Gasteiger partial charge < -0.3 is 9.47 Å². The van der Waals surface area contributed by atoms with Gasteiger partial charge in [-0.05, 0) is 52.7 Å². The molecule has 4 aromatic carbocycles. The lowest BCUT2D eigenvalue weighted by Crippen LogP contribution is -2.31. The van der Waals surface area contributed by atoms with Crippen molar-refractivity contribution in [2.45, 2.75) is 5.92 Å². The molecule has 0 fully saturated rings. The van der Waals surface area contributed by atoms with Crippen molar-refractivity contribution in [1.82, 2.24) is 5.32 Å². The average Bonchev–Trinajstić information content (AvgIpc) is 2.87. The zero-order valence-electron chi connectivity index (χ0n) is 18.2. The topological polar surface area (TPSA) is 71.3 Å². The zero-order chi connectivity index (χ0) is 23.7. The number of halogens is 1. The molecule has 1 heterocycles. The third-order valence-corrected chi connectivity index (χ3v) is 6.08. The van der Waals surface area contributed by atoms with Crippen LogP contribution in [0.25, 0.3) is 10.8 Å². The van der Waals surface area contributed by atoms with Gasteiger partial charge in [-0.2, -0.15) is 5.26 Å². The number of carbonyl (C=O) groups excluding carboxylic acids is 1. The first-order chi connectivity index (χ1) is 16.6. The minimum atomic E-state index is -0.444. The smallest absolute Gasteiger partial charge is 0.258 e. The predicted octanol–water partition coefficient (Wildman–Crippen LogP) is 6.19. The van der Waals surface area contributed by atoms with E-state index in [1.165, 1.54) is 0 Å². The fraction of sp³-hybridized carbons (Fsp3) is 0.0714. The molecule has 166 valence electrons. The summed E-state index contributed by atoms with van der Waals surface area (Å²) < 4.78 is 11.4. The molecule has 1 N–H and O–H groups in total. The third kappa shape index (κ3) is 3.85. The van der Waals surface area contributed by atoms with Crippen LogP contribution >= 0.6 is 11.6 Å². The van der Waals surface area contributed by atoms with E-state index in [-0.39, 0.29) is 5.88 Å². The van der Waals surface area contributed by atoms with E-state index < -0.39 is 11.8 Å². The largest absolute Gasteiger partial charge is 0.497 e. The molecular weight excluding hydrogens is 448 g/mol. The van der Waals surface area contributed by atoms with Gasteiger partial charge in [0.05, 0.1) is 13.0 Å². The number of amides is 1. The van der Waals surface area contributed by atoms with Crippen LogP contribution in [0, 0.1) is 11.3 Å². The maximum absolute atomic E-state index is 13.0. The second kappa shape index (κ2) is 8.93. The van der Waals surface area contributed by atoms with Gasteiger partial charge in [0.1, 0.15) is 23.1 Å². The second-order valence-corrected chi connectivity index (χ2v) is 8.26. The highest BCUT2D eigenvalue weighted by Crippen LogP contribution is 2.46. The van der Waals surface area contributed by atoms with Gasteiger partial charge in [-0.15, -0.1) is 0 Å². The summed E-state index contributed by atoms with van der Waals surface area (Å²) in [7, 11) is 1.61. The molecular formula is C28H19ClN2O3. The number of benzene rings is 4. The normalized spacial score (nSPS) is 14.7. The molecule has 1 aliphatic heterocycles. The number of ether oxygens (including phenoxy) is 2. The molecule has 0 saturated heterocycles. The maximum atomic E-state index is 13.0. The van der Waals surface area contributed by atoms with Gasteiger partial charge >= 0.3 is 0 Å². The molecule has 0 bridgehead atoms. The molecule has 0 spiro atoms. The number of fused-ring (bicyclic) bond motifs is 3. The number of hydrogen-bond acceptors (Lipinski definition) is 4. The zero-order valence-corrected chi connectivity index (χ0v) is 19.0. The van der Waals surface area contributed by atoms with E-state index in [1.807, 2.05) is 60.7 Å². The van der Waals surface area contributed by atoms with Gasteiger partial charge in [0.25, 0.3) is 5.91 Å². The minimum Gasteiger partial charge on any atom is -0.497 e. The van der Waals surface area contributed by atoms with Gasteiger partial charge in [-0.25, -0.2) is 0 Å². The van der Waals surface area contributed by atoms with Gasteiger partial charge in [0, 0.05) is 16.1 Å². The monoisotopic (exact) mass is 466 g/mol. The van der Waals surface area contributed by atoms with Crippen molar-refractivity contribution in [3.05, 3.63) is 118 Å². The van der Waals surface area contributed by atoms with Crippen molar-refractivity contribution in [2.24, 2.45) is 0 Å². The summed E-state index contributed by atoms with van der Waals surface area (Å²) in [5, 5.41) is 15.5. The van der Waals surface area contributed by atoms with Crippen LogP contribution in [0.15, 0.2) is 96.4 Å². The lowest BCUT2D eigenvalue weighted by molar-refractivity contribution is 0.0947. The molecule has 0 radical (unpaired) electrons. The Balaban J connectivity index is 1.67. The predicted molar refractivity (Wildman–Crippen MR) is 131 cm³/mol. The van der Waals surface area contributed by atoms with Gasteiger partial charge in [-0.1, -0.05) is 60.1 Å². The van der Waals surface area contributed by atoms with Crippen LogP contribution in [0.1, 0.15) is 27.4 Å². The second-order valence-electron chi connectivity index (χ2n) is 7.83. The highest BCUT2D eigenvalue weighted by atomic mass is 35.5. The summed E-state index contributed by atoms with van der Waals surface area (Å²) in [5.41, 5.74) is 2.43. The lowest BCUT2D eigenvalue weighted by Gasteiger charge is -2.29. The first-order valence-electron chi connectivity index (χ1n) is 10.6. The van der Waals surface area contributed by atoms with E-state index in [9.17, 15) is 10.1 Å².